The average Bonchev–Trinajstić information content (AvgIpc) is 2.82. The summed E-state index contributed by atoms with van der Waals surface area (Å²) in [6.07, 6.45) is 6.86. The highest BCUT2D eigenvalue weighted by Gasteiger charge is 2.28. The summed E-state index contributed by atoms with van der Waals surface area (Å²) >= 11 is 0. The molecule has 4 nitrogen and oxygen atoms in total. The van der Waals surface area contributed by atoms with E-state index >= 15 is 0 Å². The van der Waals surface area contributed by atoms with Crippen molar-refractivity contribution in [3.63, 3.8) is 0 Å². The third-order valence-corrected chi connectivity index (χ3v) is 4.10. The summed E-state index contributed by atoms with van der Waals surface area (Å²) in [7, 11) is 4.26. The molecule has 6 heteroatoms. The second kappa shape index (κ2) is 9.01. The molecule has 1 aliphatic heterocycles. The number of nitrogens with zero attached hydrogens (tertiary/aromatic N) is 1. The van der Waals surface area contributed by atoms with Crippen LogP contribution in [0.4, 0.5) is 0 Å². The third kappa shape index (κ3) is 5.46. The van der Waals surface area contributed by atoms with E-state index in [2.05, 4.69) is 29.6 Å². The summed E-state index contributed by atoms with van der Waals surface area (Å²) in [4.78, 5) is 14.3. The third-order valence-electron chi connectivity index (χ3n) is 4.10. The summed E-state index contributed by atoms with van der Waals surface area (Å²) in [6.45, 7) is 0.989. The smallest absolute Gasteiger partial charge is 0.237 e. The highest BCUT2D eigenvalue weighted by Crippen LogP contribution is 2.21. The number of hydrogen-bond donors (Lipinski definition) is 2. The highest BCUT2D eigenvalue weighted by atomic mass is 35.5. The number of hydrogen-bond acceptors (Lipinski definition) is 3. The van der Waals surface area contributed by atoms with Gasteiger partial charge in [-0.1, -0.05) is 0 Å². The standard InChI is InChI=1S/C13H25N3O.2ClH/c1-16(2)11-6-3-5-10(9-11)15-13(17)12-7-4-8-14-12;;/h10-12,14H,3-9H2,1-2H3,(H,15,17);2*1H. The molecule has 0 aromatic carbocycles. The molecule has 2 aliphatic rings. The van der Waals surface area contributed by atoms with Crippen LogP contribution in [0.3, 0.4) is 0 Å². The Morgan fingerprint density at radius 2 is 1.89 bits per heavy atom. The van der Waals surface area contributed by atoms with Gasteiger partial charge in [0.1, 0.15) is 0 Å². The monoisotopic (exact) mass is 311 g/mol. The van der Waals surface area contributed by atoms with Crippen LogP contribution in [0.2, 0.25) is 0 Å². The molecule has 1 amide bonds. The molecule has 3 unspecified atom stereocenters. The quantitative estimate of drug-likeness (QED) is 0.831. The number of carbonyl (C=O) groups is 1. The molecule has 1 heterocycles. The van der Waals surface area contributed by atoms with Gasteiger partial charge in [-0.15, -0.1) is 24.8 Å². The van der Waals surface area contributed by atoms with Crippen molar-refractivity contribution >= 4 is 30.7 Å². The summed E-state index contributed by atoms with van der Waals surface area (Å²) in [5.41, 5.74) is 0. The molecule has 2 fully saturated rings. The molecule has 0 aromatic rings. The first-order chi connectivity index (χ1) is 8.16. The maximum Gasteiger partial charge on any atom is 0.237 e. The van der Waals surface area contributed by atoms with Crippen molar-refractivity contribution in [1.82, 2.24) is 15.5 Å². The van der Waals surface area contributed by atoms with E-state index < -0.39 is 0 Å². The lowest BCUT2D eigenvalue weighted by atomic mass is 9.90. The molecule has 2 N–H and O–H groups in total. The van der Waals surface area contributed by atoms with Gasteiger partial charge in [-0.25, -0.2) is 0 Å². The van der Waals surface area contributed by atoms with Crippen LogP contribution in [-0.2, 0) is 4.79 Å². The van der Waals surface area contributed by atoms with Gasteiger partial charge in [-0.05, 0) is 59.2 Å². The van der Waals surface area contributed by atoms with Crippen LogP contribution in [0.25, 0.3) is 0 Å². The lowest BCUT2D eigenvalue weighted by Gasteiger charge is -2.34. The fourth-order valence-corrected chi connectivity index (χ4v) is 2.97. The summed E-state index contributed by atoms with van der Waals surface area (Å²) in [6, 6.07) is 1.08. The number of carbonyl (C=O) groups excluding carboxylic acids is 1. The van der Waals surface area contributed by atoms with E-state index in [4.69, 9.17) is 0 Å². The van der Waals surface area contributed by atoms with Crippen molar-refractivity contribution in [3.05, 3.63) is 0 Å². The molecule has 1 saturated carbocycles. The zero-order chi connectivity index (χ0) is 12.3. The molecular weight excluding hydrogens is 285 g/mol. The first-order valence-corrected chi connectivity index (χ1v) is 6.87. The Labute approximate surface area is 128 Å². The Balaban J connectivity index is 0.00000162. The molecule has 1 aliphatic carbocycles. The number of rotatable bonds is 3. The minimum absolute atomic E-state index is 0. The van der Waals surface area contributed by atoms with Crippen LogP contribution in [-0.4, -0.2) is 49.6 Å². The summed E-state index contributed by atoms with van der Waals surface area (Å²) in [5.74, 6) is 0.215. The van der Waals surface area contributed by atoms with E-state index in [9.17, 15) is 4.79 Å². The van der Waals surface area contributed by atoms with Crippen molar-refractivity contribution in [3.8, 4) is 0 Å². The summed E-state index contributed by atoms with van der Waals surface area (Å²) < 4.78 is 0. The van der Waals surface area contributed by atoms with Crippen molar-refractivity contribution < 1.29 is 4.79 Å². The maximum absolute atomic E-state index is 12.0. The van der Waals surface area contributed by atoms with E-state index in [1.807, 2.05) is 0 Å². The van der Waals surface area contributed by atoms with E-state index in [1.165, 1.54) is 12.8 Å². The predicted octanol–water partition coefficient (Wildman–Crippen LogP) is 1.57. The van der Waals surface area contributed by atoms with Crippen LogP contribution < -0.4 is 10.6 Å². The Morgan fingerprint density at radius 3 is 2.47 bits per heavy atom. The molecule has 114 valence electrons. The van der Waals surface area contributed by atoms with E-state index in [0.717, 1.165) is 32.2 Å². The summed E-state index contributed by atoms with van der Waals surface area (Å²) in [5, 5.41) is 6.48. The van der Waals surface area contributed by atoms with Gasteiger partial charge in [0.05, 0.1) is 6.04 Å². The van der Waals surface area contributed by atoms with Gasteiger partial charge >= 0.3 is 0 Å². The first kappa shape index (κ1) is 19.0. The lowest BCUT2D eigenvalue weighted by Crippen LogP contribution is -2.48. The highest BCUT2D eigenvalue weighted by molar-refractivity contribution is 5.85. The number of nitrogens with one attached hydrogen (secondary N) is 2. The Morgan fingerprint density at radius 1 is 1.16 bits per heavy atom. The Kier molecular flexibility index (Phi) is 8.99. The second-order valence-corrected chi connectivity index (χ2v) is 5.64. The normalized spacial score (nSPS) is 30.4. The van der Waals surface area contributed by atoms with Crippen molar-refractivity contribution in [2.24, 2.45) is 0 Å². The minimum Gasteiger partial charge on any atom is -0.352 e. The van der Waals surface area contributed by atoms with Gasteiger partial charge in [-0.3, -0.25) is 4.79 Å². The van der Waals surface area contributed by atoms with Crippen LogP contribution in [0.1, 0.15) is 38.5 Å². The van der Waals surface area contributed by atoms with Gasteiger partial charge in [-0.2, -0.15) is 0 Å². The second-order valence-electron chi connectivity index (χ2n) is 5.64. The molecule has 0 bridgehead atoms. The van der Waals surface area contributed by atoms with Crippen molar-refractivity contribution in [2.45, 2.75) is 56.7 Å². The lowest BCUT2D eigenvalue weighted by molar-refractivity contribution is -0.123. The molecule has 0 aromatic heterocycles. The molecule has 3 atom stereocenters. The van der Waals surface area contributed by atoms with Gasteiger partial charge in [0.2, 0.25) is 5.91 Å². The molecule has 1 saturated heterocycles. The van der Waals surface area contributed by atoms with Gasteiger partial charge in [0.15, 0.2) is 0 Å². The topological polar surface area (TPSA) is 44.4 Å². The van der Waals surface area contributed by atoms with Gasteiger partial charge < -0.3 is 15.5 Å². The largest absolute Gasteiger partial charge is 0.352 e. The van der Waals surface area contributed by atoms with Crippen molar-refractivity contribution in [2.75, 3.05) is 20.6 Å². The molecular formula is C13H27Cl2N3O. The van der Waals surface area contributed by atoms with E-state index in [0.29, 0.717) is 12.1 Å². The van der Waals surface area contributed by atoms with Crippen LogP contribution in [0, 0.1) is 0 Å². The van der Waals surface area contributed by atoms with E-state index in [-0.39, 0.29) is 36.8 Å². The minimum atomic E-state index is 0. The van der Waals surface area contributed by atoms with Crippen molar-refractivity contribution in [1.29, 1.82) is 0 Å². The Hall–Kier alpha value is -0.0300. The molecule has 19 heavy (non-hydrogen) atoms. The average molecular weight is 312 g/mol. The number of halogens is 2. The zero-order valence-corrected chi connectivity index (χ0v) is 13.5. The van der Waals surface area contributed by atoms with Gasteiger partial charge in [0.25, 0.3) is 0 Å². The van der Waals surface area contributed by atoms with Crippen LogP contribution >= 0.6 is 24.8 Å². The fourth-order valence-electron chi connectivity index (χ4n) is 2.97. The van der Waals surface area contributed by atoms with Gasteiger partial charge in [0, 0.05) is 12.1 Å². The molecule has 0 spiro atoms. The predicted molar refractivity (Wildman–Crippen MR) is 83.4 cm³/mol. The molecule has 0 radical (unpaired) electrons. The number of amides is 1. The molecule has 2 rings (SSSR count). The SMILES string of the molecule is CN(C)C1CCCC(NC(=O)C2CCCN2)C1.Cl.Cl. The maximum atomic E-state index is 12.0. The van der Waals surface area contributed by atoms with E-state index in [1.54, 1.807) is 0 Å². The fraction of sp³-hybridized carbons (Fsp3) is 0.923. The zero-order valence-electron chi connectivity index (χ0n) is 11.9. The van der Waals surface area contributed by atoms with Crippen LogP contribution in [0.5, 0.6) is 0 Å². The first-order valence-electron chi connectivity index (χ1n) is 6.87. The Bertz CT molecular complexity index is 271. The van der Waals surface area contributed by atoms with Crippen LogP contribution in [0.15, 0.2) is 0 Å².